The minimum Gasteiger partial charge on any atom is -0.503 e. The van der Waals surface area contributed by atoms with Crippen LogP contribution in [0.4, 0.5) is 0 Å². The summed E-state index contributed by atoms with van der Waals surface area (Å²) in [5, 5.41) is 0. The molecule has 0 saturated carbocycles. The Bertz CT molecular complexity index is 130. The molecule has 0 spiro atoms. The molecule has 0 rings (SSSR count). The van der Waals surface area contributed by atoms with Gasteiger partial charge in [-0.2, -0.15) is 0 Å². The van der Waals surface area contributed by atoms with E-state index in [9.17, 15) is 4.79 Å². The first-order valence-electron chi connectivity index (χ1n) is 2.19. The first kappa shape index (κ1) is 8.74. The Labute approximate surface area is 67.2 Å². The van der Waals surface area contributed by atoms with Crippen molar-refractivity contribution in [3.63, 3.8) is 0 Å². The van der Waals surface area contributed by atoms with Gasteiger partial charge >= 0.3 is 5.97 Å². The molecule has 0 aromatic rings. The molecule has 0 saturated heterocycles. The Balaban J connectivity index is 3.86. The van der Waals surface area contributed by atoms with Crippen LogP contribution in [0.2, 0.25) is 0 Å². The Hall–Kier alpha value is -0.260. The van der Waals surface area contributed by atoms with Gasteiger partial charge in [0.15, 0.2) is 0 Å². The van der Waals surface area contributed by atoms with E-state index in [1.165, 1.54) is 20.5 Å². The molecule has 0 radical (unpaired) electrons. The Morgan fingerprint density at radius 2 is 2.11 bits per heavy atom. The molecule has 0 atom stereocenters. The molecule has 0 N–H and O–H groups in total. The summed E-state index contributed by atoms with van der Waals surface area (Å²) in [5.74, 6) is -0.377. The predicted octanol–water partition coefficient (Wildman–Crippen LogP) is 1.08. The minimum atomic E-state index is -0.377. The van der Waals surface area contributed by atoms with Gasteiger partial charge in [-0.25, -0.2) is 4.79 Å². The van der Waals surface area contributed by atoms with E-state index >= 15 is 0 Å². The topological polar surface area (TPSA) is 35.5 Å². The third kappa shape index (κ3) is 3.34. The molecule has 3 nitrogen and oxygen atoms in total. The van der Waals surface area contributed by atoms with Crippen molar-refractivity contribution in [2.75, 3.05) is 14.2 Å². The molecule has 0 amide bonds. The van der Waals surface area contributed by atoms with E-state index in [4.69, 9.17) is 0 Å². The number of halogens is 1. The molecule has 52 valence electrons. The molecule has 0 heterocycles. The summed E-state index contributed by atoms with van der Waals surface area (Å²) in [4.78, 5) is 10.5. The molecular formula is C5H7IO3. The summed E-state index contributed by atoms with van der Waals surface area (Å²) in [6.45, 7) is 0. The molecule has 0 aliphatic carbocycles. The first-order chi connectivity index (χ1) is 4.22. The second-order valence-corrected chi connectivity index (χ2v) is 2.36. The van der Waals surface area contributed by atoms with Crippen LogP contribution in [0.25, 0.3) is 0 Å². The summed E-state index contributed by atoms with van der Waals surface area (Å²) in [7, 11) is 2.80. The summed E-state index contributed by atoms with van der Waals surface area (Å²) in [6, 6.07) is 0. The Morgan fingerprint density at radius 1 is 1.56 bits per heavy atom. The maximum absolute atomic E-state index is 10.5. The third-order valence-corrected chi connectivity index (χ3v) is 1.30. The number of hydrogen-bond acceptors (Lipinski definition) is 3. The van der Waals surface area contributed by atoms with Crippen molar-refractivity contribution in [2.24, 2.45) is 0 Å². The second kappa shape index (κ2) is 4.60. The van der Waals surface area contributed by atoms with Crippen LogP contribution >= 0.6 is 22.6 Å². The van der Waals surface area contributed by atoms with E-state index in [0.717, 1.165) is 0 Å². The SMILES string of the molecule is CO/C=C(\I)C(=O)OC. The fourth-order valence-electron chi connectivity index (χ4n) is 0.249. The van der Waals surface area contributed by atoms with Gasteiger partial charge in [0.1, 0.15) is 9.84 Å². The number of methoxy groups -OCH3 is 2. The van der Waals surface area contributed by atoms with Gasteiger partial charge in [0.2, 0.25) is 0 Å². The average molecular weight is 242 g/mol. The Morgan fingerprint density at radius 3 is 2.44 bits per heavy atom. The molecular weight excluding hydrogens is 235 g/mol. The van der Waals surface area contributed by atoms with Gasteiger partial charge in [0.25, 0.3) is 0 Å². The Kier molecular flexibility index (Phi) is 4.47. The molecule has 0 unspecified atom stereocenters. The van der Waals surface area contributed by atoms with E-state index < -0.39 is 0 Å². The van der Waals surface area contributed by atoms with Crippen molar-refractivity contribution < 1.29 is 14.3 Å². The highest BCUT2D eigenvalue weighted by molar-refractivity contribution is 14.1. The maximum Gasteiger partial charge on any atom is 0.347 e. The maximum atomic E-state index is 10.5. The number of rotatable bonds is 2. The van der Waals surface area contributed by atoms with Crippen LogP contribution in [0.1, 0.15) is 0 Å². The highest BCUT2D eigenvalue weighted by Gasteiger charge is 2.03. The van der Waals surface area contributed by atoms with Crippen LogP contribution in [0.3, 0.4) is 0 Å². The molecule has 0 aromatic carbocycles. The number of carbonyl (C=O) groups excluding carboxylic acids is 1. The lowest BCUT2D eigenvalue weighted by molar-refractivity contribution is -0.135. The van der Waals surface area contributed by atoms with Crippen molar-refractivity contribution in [2.45, 2.75) is 0 Å². The van der Waals surface area contributed by atoms with Crippen molar-refractivity contribution in [3.8, 4) is 0 Å². The van der Waals surface area contributed by atoms with E-state index in [-0.39, 0.29) is 5.97 Å². The van der Waals surface area contributed by atoms with E-state index in [1.807, 2.05) is 22.6 Å². The lowest BCUT2D eigenvalue weighted by Gasteiger charge is -1.94. The van der Waals surface area contributed by atoms with Gasteiger partial charge in [0, 0.05) is 0 Å². The highest BCUT2D eigenvalue weighted by atomic mass is 127. The van der Waals surface area contributed by atoms with Crippen LogP contribution in [0.15, 0.2) is 9.84 Å². The van der Waals surface area contributed by atoms with Crippen LogP contribution in [0.5, 0.6) is 0 Å². The molecule has 0 aliphatic heterocycles. The summed E-state index contributed by atoms with van der Waals surface area (Å²) in [5.41, 5.74) is 0. The van der Waals surface area contributed by atoms with Gasteiger partial charge < -0.3 is 9.47 Å². The van der Waals surface area contributed by atoms with Crippen molar-refractivity contribution in [3.05, 3.63) is 9.84 Å². The van der Waals surface area contributed by atoms with Crippen LogP contribution < -0.4 is 0 Å². The zero-order chi connectivity index (χ0) is 7.28. The molecule has 0 fully saturated rings. The highest BCUT2D eigenvalue weighted by Crippen LogP contribution is 2.06. The van der Waals surface area contributed by atoms with Crippen LogP contribution in [0, 0.1) is 0 Å². The van der Waals surface area contributed by atoms with E-state index in [1.54, 1.807) is 0 Å². The molecule has 9 heavy (non-hydrogen) atoms. The lowest BCUT2D eigenvalue weighted by atomic mass is 10.6. The van der Waals surface area contributed by atoms with E-state index in [2.05, 4.69) is 9.47 Å². The first-order valence-corrected chi connectivity index (χ1v) is 3.27. The summed E-state index contributed by atoms with van der Waals surface area (Å²) in [6.07, 6.45) is 1.33. The van der Waals surface area contributed by atoms with Gasteiger partial charge in [-0.3, -0.25) is 0 Å². The minimum absolute atomic E-state index is 0.377. The number of carbonyl (C=O) groups is 1. The van der Waals surface area contributed by atoms with Crippen molar-refractivity contribution >= 4 is 28.6 Å². The fraction of sp³-hybridized carbons (Fsp3) is 0.400. The summed E-state index contributed by atoms with van der Waals surface area (Å²) < 4.78 is 9.35. The summed E-state index contributed by atoms with van der Waals surface area (Å²) >= 11 is 1.83. The molecule has 0 bridgehead atoms. The number of hydrogen-bond donors (Lipinski definition) is 0. The predicted molar refractivity (Wildman–Crippen MR) is 41.1 cm³/mol. The monoisotopic (exact) mass is 242 g/mol. The third-order valence-electron chi connectivity index (χ3n) is 0.602. The lowest BCUT2D eigenvalue weighted by Crippen LogP contribution is -1.98. The van der Waals surface area contributed by atoms with Crippen molar-refractivity contribution in [1.82, 2.24) is 0 Å². The molecule has 0 aromatic heterocycles. The second-order valence-electron chi connectivity index (χ2n) is 1.19. The van der Waals surface area contributed by atoms with Crippen LogP contribution in [-0.2, 0) is 14.3 Å². The molecule has 4 heteroatoms. The smallest absolute Gasteiger partial charge is 0.347 e. The molecule has 0 aliphatic rings. The van der Waals surface area contributed by atoms with Gasteiger partial charge in [-0.15, -0.1) is 0 Å². The van der Waals surface area contributed by atoms with Gasteiger partial charge in [-0.1, -0.05) is 0 Å². The largest absolute Gasteiger partial charge is 0.503 e. The van der Waals surface area contributed by atoms with E-state index in [0.29, 0.717) is 3.58 Å². The number of esters is 1. The average Bonchev–Trinajstić information content (AvgIpc) is 1.87. The van der Waals surface area contributed by atoms with Gasteiger partial charge in [-0.05, 0) is 22.6 Å². The zero-order valence-corrected chi connectivity index (χ0v) is 7.34. The van der Waals surface area contributed by atoms with Gasteiger partial charge in [0.05, 0.1) is 14.2 Å². The number of ether oxygens (including phenoxy) is 2. The fourth-order valence-corrected chi connectivity index (χ4v) is 0.724. The van der Waals surface area contributed by atoms with Crippen molar-refractivity contribution in [1.29, 1.82) is 0 Å². The zero-order valence-electron chi connectivity index (χ0n) is 5.18. The normalized spacial score (nSPS) is 10.8. The van der Waals surface area contributed by atoms with Crippen LogP contribution in [-0.4, -0.2) is 20.2 Å². The standard InChI is InChI=1S/C5H7IO3/c1-8-3-4(6)5(7)9-2/h3H,1-2H3/b4-3-. The quantitative estimate of drug-likeness (QED) is 0.314.